The summed E-state index contributed by atoms with van der Waals surface area (Å²) >= 11 is 0. The lowest BCUT2D eigenvalue weighted by molar-refractivity contribution is -0.223. The van der Waals surface area contributed by atoms with Crippen molar-refractivity contribution in [2.45, 2.75) is 110 Å². The fourth-order valence-corrected chi connectivity index (χ4v) is 6.81. The molecule has 3 saturated carbocycles. The lowest BCUT2D eigenvalue weighted by Crippen LogP contribution is -2.37. The average Bonchev–Trinajstić information content (AvgIpc) is 2.80. The Morgan fingerprint density at radius 3 is 1.72 bits per heavy atom. The molecule has 0 bridgehead atoms. The van der Waals surface area contributed by atoms with Crippen LogP contribution in [0.1, 0.15) is 102 Å². The van der Waals surface area contributed by atoms with Gasteiger partial charge in [0.25, 0.3) is 0 Å². The molecule has 1 nitrogen and oxygen atoms in total. The Bertz CT molecular complexity index is 676. The molecule has 1 aromatic carbocycles. The van der Waals surface area contributed by atoms with Gasteiger partial charge in [-0.2, -0.15) is 8.78 Å². The van der Waals surface area contributed by atoms with Crippen LogP contribution in [0.25, 0.3) is 0 Å². The van der Waals surface area contributed by atoms with E-state index in [4.69, 9.17) is 4.74 Å². The summed E-state index contributed by atoms with van der Waals surface area (Å²) in [4.78, 5) is 0. The van der Waals surface area contributed by atoms with Crippen molar-refractivity contribution in [3.05, 3.63) is 29.8 Å². The number of rotatable bonds is 7. The van der Waals surface area contributed by atoms with Gasteiger partial charge in [-0.05, 0) is 100 Å². The average molecular weight is 447 g/mol. The third-order valence-corrected chi connectivity index (χ3v) is 9.20. The van der Waals surface area contributed by atoms with Crippen molar-refractivity contribution in [3.63, 3.8) is 0 Å². The number of aryl methyl sites for hydroxylation is 1. The third kappa shape index (κ3) is 6.48. The fraction of sp³-hybridized carbons (Fsp3) is 0.793. The van der Waals surface area contributed by atoms with Crippen LogP contribution in [-0.2, 0) is 0 Å². The smallest absolute Gasteiger partial charge is 0.400 e. The van der Waals surface area contributed by atoms with Gasteiger partial charge < -0.3 is 4.74 Å². The highest BCUT2D eigenvalue weighted by atomic mass is 19.3. The predicted octanol–water partition coefficient (Wildman–Crippen LogP) is 9.19. The minimum Gasteiger partial charge on any atom is -0.432 e. The zero-order valence-electron chi connectivity index (χ0n) is 20.3. The zero-order valence-corrected chi connectivity index (χ0v) is 20.3. The number of ether oxygens (including phenoxy) is 1. The highest BCUT2D eigenvalue weighted by Gasteiger charge is 2.44. The van der Waals surface area contributed by atoms with Crippen molar-refractivity contribution in [1.29, 1.82) is 0 Å². The van der Waals surface area contributed by atoms with Gasteiger partial charge in [-0.1, -0.05) is 63.1 Å². The molecule has 32 heavy (non-hydrogen) atoms. The van der Waals surface area contributed by atoms with Gasteiger partial charge in [-0.3, -0.25) is 0 Å². The van der Waals surface area contributed by atoms with Crippen LogP contribution in [0.5, 0.6) is 5.75 Å². The monoisotopic (exact) mass is 446 g/mol. The minimum absolute atomic E-state index is 0.279. The molecule has 0 amide bonds. The van der Waals surface area contributed by atoms with Crippen LogP contribution in [0.15, 0.2) is 24.3 Å². The van der Waals surface area contributed by atoms with Gasteiger partial charge in [0.15, 0.2) is 0 Å². The normalized spacial score (nSPS) is 34.2. The molecule has 0 radical (unpaired) electrons. The molecule has 0 saturated heterocycles. The number of halogens is 2. The molecule has 0 atom stereocenters. The Hall–Kier alpha value is -1.12. The summed E-state index contributed by atoms with van der Waals surface area (Å²) in [6.45, 7) is 4.37. The van der Waals surface area contributed by atoms with Crippen LogP contribution in [-0.4, -0.2) is 6.11 Å². The summed E-state index contributed by atoms with van der Waals surface area (Å²) in [6.07, 6.45) is 14.1. The summed E-state index contributed by atoms with van der Waals surface area (Å²) in [7, 11) is 0. The maximum Gasteiger partial charge on any atom is 0.400 e. The van der Waals surface area contributed by atoms with Crippen LogP contribution < -0.4 is 4.74 Å². The fourth-order valence-electron chi connectivity index (χ4n) is 6.81. The van der Waals surface area contributed by atoms with Crippen molar-refractivity contribution < 1.29 is 13.5 Å². The number of alkyl halides is 2. The molecule has 180 valence electrons. The largest absolute Gasteiger partial charge is 0.432 e. The van der Waals surface area contributed by atoms with Gasteiger partial charge in [-0.25, -0.2) is 0 Å². The highest BCUT2D eigenvalue weighted by Crippen LogP contribution is 2.44. The van der Waals surface area contributed by atoms with Gasteiger partial charge in [0, 0.05) is 0 Å². The molecular weight excluding hydrogens is 402 g/mol. The van der Waals surface area contributed by atoms with Gasteiger partial charge in [0.1, 0.15) is 5.75 Å². The molecule has 0 aliphatic heterocycles. The molecule has 3 aliphatic rings. The van der Waals surface area contributed by atoms with E-state index in [9.17, 15) is 8.78 Å². The summed E-state index contributed by atoms with van der Waals surface area (Å²) in [5.74, 6) is 4.11. The second kappa shape index (κ2) is 10.9. The van der Waals surface area contributed by atoms with E-state index in [2.05, 4.69) is 6.92 Å². The van der Waals surface area contributed by atoms with Gasteiger partial charge >= 0.3 is 6.11 Å². The first-order chi connectivity index (χ1) is 15.4. The number of benzene rings is 1. The molecule has 0 N–H and O–H groups in total. The highest BCUT2D eigenvalue weighted by molar-refractivity contribution is 5.26. The Kier molecular flexibility index (Phi) is 8.16. The lowest BCUT2D eigenvalue weighted by Gasteiger charge is -2.38. The summed E-state index contributed by atoms with van der Waals surface area (Å²) in [6, 6.07) is 6.95. The van der Waals surface area contributed by atoms with Gasteiger partial charge in [0.2, 0.25) is 0 Å². The van der Waals surface area contributed by atoms with E-state index in [-0.39, 0.29) is 5.75 Å². The molecule has 0 aromatic heterocycles. The first kappa shape index (κ1) is 24.0. The SMILES string of the molecule is Cc1ccc(OC(F)(F)C2CCC(CCC3CCC(C4CCC(C)CC4)CC3)CC2)cc1. The van der Waals surface area contributed by atoms with E-state index in [0.717, 1.165) is 42.1 Å². The van der Waals surface area contributed by atoms with Crippen molar-refractivity contribution in [1.82, 2.24) is 0 Å². The number of hydrogen-bond donors (Lipinski definition) is 0. The van der Waals surface area contributed by atoms with Crippen LogP contribution >= 0.6 is 0 Å². The molecule has 3 aliphatic carbocycles. The van der Waals surface area contributed by atoms with Gasteiger partial charge in [0.05, 0.1) is 5.92 Å². The first-order valence-electron chi connectivity index (χ1n) is 13.5. The second-order valence-corrected chi connectivity index (χ2v) is 11.6. The molecule has 4 rings (SSSR count). The molecular formula is C29H44F2O. The second-order valence-electron chi connectivity index (χ2n) is 11.6. The van der Waals surface area contributed by atoms with Crippen molar-refractivity contribution in [2.24, 2.45) is 35.5 Å². The third-order valence-electron chi connectivity index (χ3n) is 9.20. The van der Waals surface area contributed by atoms with E-state index in [1.165, 1.54) is 64.2 Å². The summed E-state index contributed by atoms with van der Waals surface area (Å²) < 4.78 is 34.5. The van der Waals surface area contributed by atoms with Crippen molar-refractivity contribution in [3.8, 4) is 5.75 Å². The van der Waals surface area contributed by atoms with Crippen LogP contribution in [0.3, 0.4) is 0 Å². The topological polar surface area (TPSA) is 9.23 Å². The van der Waals surface area contributed by atoms with Crippen molar-refractivity contribution in [2.75, 3.05) is 0 Å². The molecule has 3 fully saturated rings. The van der Waals surface area contributed by atoms with E-state index in [0.29, 0.717) is 18.8 Å². The first-order valence-corrected chi connectivity index (χ1v) is 13.5. The maximum absolute atomic E-state index is 14.7. The molecule has 3 heteroatoms. The molecule has 0 unspecified atom stereocenters. The Morgan fingerprint density at radius 2 is 1.19 bits per heavy atom. The van der Waals surface area contributed by atoms with Crippen LogP contribution in [0.4, 0.5) is 8.78 Å². The maximum atomic E-state index is 14.7. The van der Waals surface area contributed by atoms with Crippen molar-refractivity contribution >= 4 is 0 Å². The Labute approximate surface area is 194 Å². The van der Waals surface area contributed by atoms with E-state index >= 15 is 0 Å². The van der Waals surface area contributed by atoms with Crippen LogP contribution in [0, 0.1) is 42.4 Å². The lowest BCUT2D eigenvalue weighted by atomic mass is 9.68. The van der Waals surface area contributed by atoms with E-state index in [1.54, 1.807) is 12.1 Å². The minimum atomic E-state index is -3.06. The predicted molar refractivity (Wildman–Crippen MR) is 128 cm³/mol. The zero-order chi connectivity index (χ0) is 22.6. The number of hydrogen-bond acceptors (Lipinski definition) is 1. The van der Waals surface area contributed by atoms with Crippen LogP contribution in [0.2, 0.25) is 0 Å². The van der Waals surface area contributed by atoms with E-state index < -0.39 is 12.0 Å². The standard InChI is InChI=1S/C29H44F2O/c1-21-3-13-25(14-4-21)26-15-9-23(10-16-26)7-8-24-11-17-27(18-12-24)29(30,31)32-28-19-5-22(2)6-20-28/h5-6,19-21,23-27H,3-4,7-18H2,1-2H3. The Balaban J connectivity index is 1.14. The quantitative estimate of drug-likeness (QED) is 0.405. The van der Waals surface area contributed by atoms with Gasteiger partial charge in [-0.15, -0.1) is 0 Å². The Morgan fingerprint density at radius 1 is 0.719 bits per heavy atom. The summed E-state index contributed by atoms with van der Waals surface area (Å²) in [5, 5.41) is 0. The molecule has 0 heterocycles. The molecule has 1 aromatic rings. The molecule has 0 spiro atoms. The van der Waals surface area contributed by atoms with E-state index in [1.807, 2.05) is 19.1 Å². The summed E-state index contributed by atoms with van der Waals surface area (Å²) in [5.41, 5.74) is 1.05.